The summed E-state index contributed by atoms with van der Waals surface area (Å²) in [4.78, 5) is 16.1. The van der Waals surface area contributed by atoms with Crippen LogP contribution in [-0.2, 0) is 7.05 Å². The summed E-state index contributed by atoms with van der Waals surface area (Å²) in [5.74, 6) is -0.406. The summed E-state index contributed by atoms with van der Waals surface area (Å²) in [5.41, 5.74) is 1.58. The number of aromatic nitrogens is 2. The third-order valence-electron chi connectivity index (χ3n) is 2.47. The number of hydrogen-bond acceptors (Lipinski definition) is 5. The summed E-state index contributed by atoms with van der Waals surface area (Å²) >= 11 is 1.45. The molecule has 3 N–H and O–H groups in total. The van der Waals surface area contributed by atoms with Crippen LogP contribution in [0.15, 0.2) is 0 Å². The van der Waals surface area contributed by atoms with Gasteiger partial charge >= 0.3 is 0 Å². The van der Waals surface area contributed by atoms with Crippen molar-refractivity contribution in [3.05, 3.63) is 16.3 Å². The van der Waals surface area contributed by atoms with E-state index in [1.165, 1.54) is 11.3 Å². The summed E-state index contributed by atoms with van der Waals surface area (Å²) in [7, 11) is 1.72. The van der Waals surface area contributed by atoms with Gasteiger partial charge in [0.1, 0.15) is 12.4 Å². The van der Waals surface area contributed by atoms with Crippen LogP contribution in [0, 0.1) is 12.3 Å². The maximum atomic E-state index is 11.8. The summed E-state index contributed by atoms with van der Waals surface area (Å²) < 4.78 is 2.47. The van der Waals surface area contributed by atoms with Gasteiger partial charge in [0.25, 0.3) is 5.91 Å². The van der Waals surface area contributed by atoms with Gasteiger partial charge in [-0.25, -0.2) is 4.98 Å². The molecule has 0 spiro atoms. The van der Waals surface area contributed by atoms with E-state index in [9.17, 15) is 4.79 Å². The van der Waals surface area contributed by atoms with Gasteiger partial charge in [0.05, 0.1) is 9.71 Å². The molecule has 0 saturated heterocycles. The molecule has 7 heteroatoms. The van der Waals surface area contributed by atoms with Crippen molar-refractivity contribution in [1.29, 1.82) is 5.41 Å². The molecule has 0 aliphatic heterocycles. The minimum Gasteiger partial charge on any atom is -0.376 e. The SMILES string of the molecule is Cc1nc2c(s1)c(C=N)c(C(=O)NCO)n2C. The molecular weight excluding hydrogens is 240 g/mol. The number of aryl methyl sites for hydroxylation is 2. The fourth-order valence-electron chi connectivity index (χ4n) is 1.78. The van der Waals surface area contributed by atoms with Crippen LogP contribution < -0.4 is 5.32 Å². The summed E-state index contributed by atoms with van der Waals surface area (Å²) in [5, 5.41) is 19.3. The van der Waals surface area contributed by atoms with Crippen LogP contribution in [0.1, 0.15) is 21.1 Å². The lowest BCUT2D eigenvalue weighted by atomic mass is 10.2. The average Bonchev–Trinajstić information content (AvgIpc) is 2.76. The van der Waals surface area contributed by atoms with Crippen LogP contribution in [0.5, 0.6) is 0 Å². The molecule has 0 fully saturated rings. The fraction of sp³-hybridized carbons (Fsp3) is 0.300. The molecule has 0 radical (unpaired) electrons. The van der Waals surface area contributed by atoms with Crippen molar-refractivity contribution in [2.75, 3.05) is 6.73 Å². The standard InChI is InChI=1S/C10H12N4O2S/c1-5-13-9-8(17-5)6(3-11)7(14(9)2)10(16)12-4-15/h3,11,15H,4H2,1-2H3,(H,12,16). The predicted molar refractivity (Wildman–Crippen MR) is 65.8 cm³/mol. The smallest absolute Gasteiger partial charge is 0.270 e. The van der Waals surface area contributed by atoms with Crippen molar-refractivity contribution in [3.63, 3.8) is 0 Å². The molecule has 2 aromatic heterocycles. The van der Waals surface area contributed by atoms with Gasteiger partial charge in [0, 0.05) is 18.8 Å². The predicted octanol–water partition coefficient (Wildman–Crippen LogP) is 0.620. The molecule has 1 amide bonds. The molecule has 2 rings (SSSR count). The topological polar surface area (TPSA) is 91.0 Å². The van der Waals surface area contributed by atoms with Crippen LogP contribution in [-0.4, -0.2) is 33.5 Å². The number of thiazole rings is 1. The van der Waals surface area contributed by atoms with E-state index in [0.29, 0.717) is 16.9 Å². The summed E-state index contributed by atoms with van der Waals surface area (Å²) in [6.07, 6.45) is 1.15. The molecule has 0 bridgehead atoms. The summed E-state index contributed by atoms with van der Waals surface area (Å²) in [6, 6.07) is 0. The first-order valence-corrected chi connectivity index (χ1v) is 5.77. The first kappa shape index (κ1) is 11.7. The number of carbonyl (C=O) groups excluding carboxylic acids is 1. The third-order valence-corrected chi connectivity index (χ3v) is 3.46. The second-order valence-electron chi connectivity index (χ2n) is 3.52. The Labute approximate surface area is 101 Å². The lowest BCUT2D eigenvalue weighted by molar-refractivity contribution is 0.0902. The largest absolute Gasteiger partial charge is 0.376 e. The van der Waals surface area contributed by atoms with Gasteiger partial charge in [0.15, 0.2) is 5.65 Å². The Kier molecular flexibility index (Phi) is 2.95. The second kappa shape index (κ2) is 4.27. The zero-order valence-corrected chi connectivity index (χ0v) is 10.3. The summed E-state index contributed by atoms with van der Waals surface area (Å²) in [6.45, 7) is 1.45. The molecule has 0 aromatic carbocycles. The first-order valence-electron chi connectivity index (χ1n) is 4.95. The fourth-order valence-corrected chi connectivity index (χ4v) is 2.74. The first-order chi connectivity index (χ1) is 8.10. The second-order valence-corrected chi connectivity index (χ2v) is 4.72. The third kappa shape index (κ3) is 1.73. The van der Waals surface area contributed by atoms with Gasteiger partial charge in [-0.05, 0) is 6.92 Å². The van der Waals surface area contributed by atoms with Gasteiger partial charge in [-0.1, -0.05) is 0 Å². The molecule has 17 heavy (non-hydrogen) atoms. The molecule has 0 atom stereocenters. The average molecular weight is 252 g/mol. The number of fused-ring (bicyclic) bond motifs is 1. The lowest BCUT2D eigenvalue weighted by Gasteiger charge is -2.04. The van der Waals surface area contributed by atoms with E-state index in [-0.39, 0.29) is 0 Å². The molecular formula is C10H12N4O2S. The van der Waals surface area contributed by atoms with E-state index >= 15 is 0 Å². The van der Waals surface area contributed by atoms with Gasteiger partial charge in [-0.2, -0.15) is 0 Å². The molecule has 0 saturated carbocycles. The number of carbonyl (C=O) groups is 1. The Morgan fingerprint density at radius 1 is 1.71 bits per heavy atom. The van der Waals surface area contributed by atoms with Gasteiger partial charge in [-0.3, -0.25) is 4.79 Å². The van der Waals surface area contributed by atoms with Gasteiger partial charge in [-0.15, -0.1) is 11.3 Å². The van der Waals surface area contributed by atoms with E-state index in [0.717, 1.165) is 15.9 Å². The van der Waals surface area contributed by atoms with Crippen molar-refractivity contribution < 1.29 is 9.90 Å². The van der Waals surface area contributed by atoms with Crippen LogP contribution in [0.3, 0.4) is 0 Å². The van der Waals surface area contributed by atoms with E-state index < -0.39 is 12.6 Å². The zero-order valence-electron chi connectivity index (χ0n) is 9.44. The van der Waals surface area contributed by atoms with E-state index in [2.05, 4.69) is 10.3 Å². The van der Waals surface area contributed by atoms with Gasteiger partial charge in [0.2, 0.25) is 0 Å². The highest BCUT2D eigenvalue weighted by Crippen LogP contribution is 2.29. The molecule has 2 heterocycles. The highest BCUT2D eigenvalue weighted by Gasteiger charge is 2.21. The number of rotatable bonds is 3. The minimum absolute atomic E-state index is 0.350. The molecule has 0 unspecified atom stereocenters. The van der Waals surface area contributed by atoms with E-state index in [1.54, 1.807) is 11.6 Å². The molecule has 90 valence electrons. The highest BCUT2D eigenvalue weighted by atomic mass is 32.1. The maximum absolute atomic E-state index is 11.8. The van der Waals surface area contributed by atoms with Crippen LogP contribution in [0.25, 0.3) is 10.3 Å². The molecule has 6 nitrogen and oxygen atoms in total. The maximum Gasteiger partial charge on any atom is 0.270 e. The molecule has 0 aliphatic carbocycles. The van der Waals surface area contributed by atoms with Crippen LogP contribution >= 0.6 is 11.3 Å². The Morgan fingerprint density at radius 2 is 2.41 bits per heavy atom. The molecule has 0 aliphatic rings. The minimum atomic E-state index is -0.429. The van der Waals surface area contributed by atoms with Crippen molar-refractivity contribution in [3.8, 4) is 0 Å². The highest BCUT2D eigenvalue weighted by molar-refractivity contribution is 7.18. The van der Waals surface area contributed by atoms with Crippen LogP contribution in [0.4, 0.5) is 0 Å². The monoisotopic (exact) mass is 252 g/mol. The Morgan fingerprint density at radius 3 is 3.00 bits per heavy atom. The number of amides is 1. The van der Waals surface area contributed by atoms with Crippen molar-refractivity contribution in [1.82, 2.24) is 14.9 Å². The van der Waals surface area contributed by atoms with Gasteiger partial charge < -0.3 is 20.4 Å². The lowest BCUT2D eigenvalue weighted by Crippen LogP contribution is -2.27. The number of nitrogens with one attached hydrogen (secondary N) is 2. The number of hydrogen-bond donors (Lipinski definition) is 3. The Balaban J connectivity index is 2.70. The number of aliphatic hydroxyl groups excluding tert-OH is 1. The Bertz CT molecular complexity index is 599. The van der Waals surface area contributed by atoms with E-state index in [4.69, 9.17) is 10.5 Å². The number of aliphatic hydroxyl groups is 1. The van der Waals surface area contributed by atoms with E-state index in [1.807, 2.05) is 6.92 Å². The number of nitrogens with zero attached hydrogens (tertiary/aromatic N) is 2. The Hall–Kier alpha value is -1.73. The van der Waals surface area contributed by atoms with Crippen LogP contribution in [0.2, 0.25) is 0 Å². The van der Waals surface area contributed by atoms with Crippen molar-refractivity contribution in [2.45, 2.75) is 6.92 Å². The molecule has 2 aromatic rings. The zero-order chi connectivity index (χ0) is 12.6. The normalized spacial score (nSPS) is 10.8. The van der Waals surface area contributed by atoms with Crippen molar-refractivity contribution in [2.24, 2.45) is 7.05 Å². The quantitative estimate of drug-likeness (QED) is 0.552. The van der Waals surface area contributed by atoms with Crippen molar-refractivity contribution >= 4 is 33.8 Å².